The summed E-state index contributed by atoms with van der Waals surface area (Å²) in [7, 11) is -1.77. The molecule has 0 fully saturated rings. The van der Waals surface area contributed by atoms with Crippen molar-refractivity contribution in [1.29, 1.82) is 0 Å². The van der Waals surface area contributed by atoms with Gasteiger partial charge in [-0.15, -0.1) is 0 Å². The lowest BCUT2D eigenvalue weighted by Crippen LogP contribution is -2.41. The molecule has 0 aliphatic rings. The normalized spacial score (nSPS) is 13.0. The Morgan fingerprint density at radius 2 is 2.00 bits per heavy atom. The predicted molar refractivity (Wildman–Crippen MR) is 93.4 cm³/mol. The van der Waals surface area contributed by atoms with Gasteiger partial charge in [0.15, 0.2) is 8.32 Å². The lowest BCUT2D eigenvalue weighted by molar-refractivity contribution is 0.272. The molecule has 0 saturated carbocycles. The molecule has 0 amide bonds. The molecule has 1 aromatic carbocycles. The molecule has 0 aliphatic carbocycles. The van der Waals surface area contributed by atoms with E-state index in [4.69, 9.17) is 4.43 Å². The number of fused-ring (bicyclic) bond motifs is 1. The average molecular weight is 371 g/mol. The summed E-state index contributed by atoms with van der Waals surface area (Å²) < 4.78 is 8.86. The Morgan fingerprint density at radius 1 is 1.33 bits per heavy atom. The minimum atomic E-state index is -1.77. The predicted octanol–water partition coefficient (Wildman–Crippen LogP) is 4.11. The van der Waals surface area contributed by atoms with Crippen molar-refractivity contribution < 1.29 is 4.43 Å². The van der Waals surface area contributed by atoms with Crippen LogP contribution in [0.4, 0.5) is 0 Å². The van der Waals surface area contributed by atoms with E-state index in [9.17, 15) is 4.79 Å². The van der Waals surface area contributed by atoms with Crippen LogP contribution in [-0.2, 0) is 11.0 Å². The van der Waals surface area contributed by atoms with Gasteiger partial charge in [-0.05, 0) is 36.3 Å². The first-order valence-corrected chi connectivity index (χ1v) is 10.8. The molecule has 1 aromatic heterocycles. The summed E-state index contributed by atoms with van der Waals surface area (Å²) in [4.78, 5) is 14.9. The van der Waals surface area contributed by atoms with Gasteiger partial charge in [-0.1, -0.05) is 36.7 Å². The van der Waals surface area contributed by atoms with Gasteiger partial charge >= 0.3 is 5.69 Å². The Kier molecular flexibility index (Phi) is 4.51. The topological polar surface area (TPSA) is 47.0 Å². The third-order valence-corrected chi connectivity index (χ3v) is 9.35. The number of imidazole rings is 1. The van der Waals surface area contributed by atoms with E-state index in [1.54, 1.807) is 4.57 Å². The van der Waals surface area contributed by atoms with Crippen molar-refractivity contribution in [1.82, 2.24) is 9.55 Å². The second kappa shape index (κ2) is 5.74. The van der Waals surface area contributed by atoms with Crippen molar-refractivity contribution in [3.05, 3.63) is 33.2 Å². The summed E-state index contributed by atoms with van der Waals surface area (Å²) in [5.74, 6) is 0. The first-order valence-electron chi connectivity index (χ1n) is 7.14. The fourth-order valence-corrected chi connectivity index (χ4v) is 3.34. The quantitative estimate of drug-likeness (QED) is 0.822. The van der Waals surface area contributed by atoms with Crippen LogP contribution in [0.1, 0.15) is 20.8 Å². The number of hydrogen-bond donors (Lipinski definition) is 1. The van der Waals surface area contributed by atoms with Crippen LogP contribution in [0.5, 0.6) is 0 Å². The first kappa shape index (κ1) is 16.5. The number of H-pyrrole nitrogens is 1. The van der Waals surface area contributed by atoms with Crippen molar-refractivity contribution >= 4 is 35.3 Å². The van der Waals surface area contributed by atoms with Crippen LogP contribution >= 0.6 is 15.9 Å². The largest absolute Gasteiger partial charge is 0.415 e. The van der Waals surface area contributed by atoms with Gasteiger partial charge < -0.3 is 9.41 Å². The summed E-state index contributed by atoms with van der Waals surface area (Å²) in [5, 5.41) is 0.182. The standard InChI is InChI=1S/C15H23BrN2O2Si/c1-15(2,3)21(4,5)20-9-8-18-13-10-11(16)6-7-12(13)17-14(18)19/h6-7,10H,8-9H2,1-5H3,(H,17,19). The van der Waals surface area contributed by atoms with E-state index in [1.807, 2.05) is 18.2 Å². The fourth-order valence-electron chi connectivity index (χ4n) is 1.96. The first-order chi connectivity index (χ1) is 9.62. The summed E-state index contributed by atoms with van der Waals surface area (Å²) >= 11 is 3.45. The molecule has 21 heavy (non-hydrogen) atoms. The highest BCUT2D eigenvalue weighted by Crippen LogP contribution is 2.36. The van der Waals surface area contributed by atoms with E-state index in [0.29, 0.717) is 13.2 Å². The number of halogens is 1. The lowest BCUT2D eigenvalue weighted by Gasteiger charge is -2.36. The molecule has 0 spiro atoms. The molecule has 116 valence electrons. The van der Waals surface area contributed by atoms with Crippen molar-refractivity contribution in [2.75, 3.05) is 6.61 Å². The van der Waals surface area contributed by atoms with Gasteiger partial charge in [0.2, 0.25) is 0 Å². The molecule has 6 heteroatoms. The molecule has 2 rings (SSSR count). The molecule has 0 unspecified atom stereocenters. The van der Waals surface area contributed by atoms with Crippen LogP contribution in [0.25, 0.3) is 11.0 Å². The Morgan fingerprint density at radius 3 is 2.62 bits per heavy atom. The summed E-state index contributed by atoms with van der Waals surface area (Å²) in [6.45, 7) is 12.2. The van der Waals surface area contributed by atoms with Gasteiger partial charge in [0.25, 0.3) is 0 Å². The number of nitrogens with one attached hydrogen (secondary N) is 1. The van der Waals surface area contributed by atoms with Crippen LogP contribution in [0, 0.1) is 0 Å². The Bertz CT molecular complexity index is 698. The number of aromatic amines is 1. The third kappa shape index (κ3) is 3.49. The maximum absolute atomic E-state index is 12.1. The highest BCUT2D eigenvalue weighted by atomic mass is 79.9. The average Bonchev–Trinajstić information content (AvgIpc) is 2.64. The zero-order valence-corrected chi connectivity index (χ0v) is 15.9. The summed E-state index contributed by atoms with van der Waals surface area (Å²) in [6, 6.07) is 5.79. The van der Waals surface area contributed by atoms with E-state index in [2.05, 4.69) is 54.8 Å². The molecular weight excluding hydrogens is 348 g/mol. The summed E-state index contributed by atoms with van der Waals surface area (Å²) in [5.41, 5.74) is 1.69. The number of nitrogens with zero attached hydrogens (tertiary/aromatic N) is 1. The van der Waals surface area contributed by atoms with Crippen molar-refractivity contribution in [3.8, 4) is 0 Å². The molecule has 0 saturated heterocycles. The second-order valence-electron chi connectivity index (χ2n) is 6.85. The minimum Gasteiger partial charge on any atom is -0.415 e. The van der Waals surface area contributed by atoms with Gasteiger partial charge in [-0.2, -0.15) is 0 Å². The van der Waals surface area contributed by atoms with E-state index in [1.165, 1.54) is 0 Å². The second-order valence-corrected chi connectivity index (χ2v) is 12.6. The molecule has 0 bridgehead atoms. The van der Waals surface area contributed by atoms with Crippen molar-refractivity contribution in [3.63, 3.8) is 0 Å². The van der Waals surface area contributed by atoms with Crippen LogP contribution < -0.4 is 5.69 Å². The van der Waals surface area contributed by atoms with E-state index >= 15 is 0 Å². The molecule has 0 aliphatic heterocycles. The molecule has 1 heterocycles. The maximum atomic E-state index is 12.1. The van der Waals surface area contributed by atoms with E-state index in [0.717, 1.165) is 15.5 Å². The van der Waals surface area contributed by atoms with Crippen LogP contribution in [0.3, 0.4) is 0 Å². The lowest BCUT2D eigenvalue weighted by atomic mass is 10.2. The Labute approximate surface area is 134 Å². The Hall–Kier alpha value is -0.853. The number of hydrogen-bond acceptors (Lipinski definition) is 2. The van der Waals surface area contributed by atoms with Gasteiger partial charge in [0, 0.05) is 11.0 Å². The monoisotopic (exact) mass is 370 g/mol. The van der Waals surface area contributed by atoms with E-state index < -0.39 is 8.32 Å². The highest BCUT2D eigenvalue weighted by Gasteiger charge is 2.36. The smallest absolute Gasteiger partial charge is 0.326 e. The van der Waals surface area contributed by atoms with Gasteiger partial charge in [-0.25, -0.2) is 4.79 Å². The maximum Gasteiger partial charge on any atom is 0.326 e. The minimum absolute atomic E-state index is 0.0815. The summed E-state index contributed by atoms with van der Waals surface area (Å²) in [6.07, 6.45) is 0. The van der Waals surface area contributed by atoms with Gasteiger partial charge in [0.05, 0.1) is 17.6 Å². The molecule has 0 radical (unpaired) electrons. The van der Waals surface area contributed by atoms with Crippen LogP contribution in [0.15, 0.2) is 27.5 Å². The fraction of sp³-hybridized carbons (Fsp3) is 0.533. The van der Waals surface area contributed by atoms with Gasteiger partial charge in [-0.3, -0.25) is 4.57 Å². The molecule has 1 N–H and O–H groups in total. The number of benzene rings is 1. The Balaban J connectivity index is 2.16. The molecule has 0 atom stereocenters. The van der Waals surface area contributed by atoms with Crippen LogP contribution in [0.2, 0.25) is 18.1 Å². The van der Waals surface area contributed by atoms with Crippen LogP contribution in [-0.4, -0.2) is 24.5 Å². The van der Waals surface area contributed by atoms with E-state index in [-0.39, 0.29) is 10.7 Å². The molecular formula is C15H23BrN2O2Si. The zero-order valence-electron chi connectivity index (χ0n) is 13.3. The van der Waals surface area contributed by atoms with Crippen molar-refractivity contribution in [2.45, 2.75) is 45.4 Å². The third-order valence-electron chi connectivity index (χ3n) is 4.32. The molecule has 2 aromatic rings. The highest BCUT2D eigenvalue weighted by molar-refractivity contribution is 9.10. The number of rotatable bonds is 4. The van der Waals surface area contributed by atoms with Crippen molar-refractivity contribution in [2.24, 2.45) is 0 Å². The van der Waals surface area contributed by atoms with Gasteiger partial charge in [0.1, 0.15) is 0 Å². The number of aromatic nitrogens is 2. The molecule has 4 nitrogen and oxygen atoms in total. The SMILES string of the molecule is CC(C)(C)[Si](C)(C)OCCn1c(=O)[nH]c2ccc(Br)cc21. The zero-order chi connectivity index (χ0) is 15.8.